The van der Waals surface area contributed by atoms with Crippen molar-refractivity contribution in [1.82, 2.24) is 9.71 Å². The summed E-state index contributed by atoms with van der Waals surface area (Å²) >= 11 is 5.90. The lowest BCUT2D eigenvalue weighted by Gasteiger charge is -2.11. The number of hydrogen-bond acceptors (Lipinski definition) is 4. The van der Waals surface area contributed by atoms with Gasteiger partial charge in [0.05, 0.1) is 7.11 Å². The highest BCUT2D eigenvalue weighted by Gasteiger charge is 2.31. The van der Waals surface area contributed by atoms with E-state index in [1.807, 2.05) is 0 Å². The van der Waals surface area contributed by atoms with Crippen LogP contribution < -0.4 is 14.2 Å². The molecule has 0 radical (unpaired) electrons. The Kier molecular flexibility index (Phi) is 6.21. The van der Waals surface area contributed by atoms with Crippen LogP contribution in [0.25, 0.3) is 10.9 Å². The fourth-order valence-electron chi connectivity index (χ4n) is 3.13. The minimum Gasteiger partial charge on any atom is -0.495 e. The number of aromatic nitrogens is 1. The van der Waals surface area contributed by atoms with Crippen LogP contribution in [0.15, 0.2) is 41.3 Å². The lowest BCUT2D eigenvalue weighted by Crippen LogP contribution is -2.26. The molecule has 0 atom stereocenters. The zero-order chi connectivity index (χ0) is 22.1. The molecule has 0 aliphatic rings. The maximum absolute atomic E-state index is 12.6. The molecule has 0 bridgehead atoms. The standard InChI is InChI=1S/C19H18ClF3N2O4S/c1-11-14(15-10-13(29-19(21,22)23)4-5-16(15)25-11)7-8-24-30(26,27)18-9-12(20)3-6-17(18)28-2/h3-6,9-10,24-25H,7-8H2,1-2H3. The Hall–Kier alpha value is -2.43. The molecule has 3 aromatic rings. The molecule has 0 saturated heterocycles. The molecule has 3 rings (SSSR count). The summed E-state index contributed by atoms with van der Waals surface area (Å²) in [5.41, 5.74) is 2.02. The number of methoxy groups -OCH3 is 1. The van der Waals surface area contributed by atoms with E-state index in [1.165, 1.54) is 43.5 Å². The van der Waals surface area contributed by atoms with Crippen LogP contribution in [-0.2, 0) is 16.4 Å². The summed E-state index contributed by atoms with van der Waals surface area (Å²) in [6, 6.07) is 8.20. The van der Waals surface area contributed by atoms with E-state index in [9.17, 15) is 21.6 Å². The molecule has 6 nitrogen and oxygen atoms in total. The van der Waals surface area contributed by atoms with Crippen LogP contribution >= 0.6 is 11.6 Å². The Bertz CT molecular complexity index is 1180. The number of ether oxygens (including phenoxy) is 2. The maximum atomic E-state index is 12.6. The molecule has 0 saturated carbocycles. The van der Waals surface area contributed by atoms with Crippen molar-refractivity contribution in [2.75, 3.05) is 13.7 Å². The summed E-state index contributed by atoms with van der Waals surface area (Å²) in [5.74, 6) is -0.205. The molecule has 11 heteroatoms. The molecule has 0 unspecified atom stereocenters. The number of H-pyrrole nitrogens is 1. The number of rotatable bonds is 7. The van der Waals surface area contributed by atoms with Crippen LogP contribution in [0.1, 0.15) is 11.3 Å². The van der Waals surface area contributed by atoms with Gasteiger partial charge in [-0.3, -0.25) is 0 Å². The number of aromatic amines is 1. The van der Waals surface area contributed by atoms with Gasteiger partial charge in [-0.1, -0.05) is 11.6 Å². The number of aryl methyl sites for hydroxylation is 1. The predicted octanol–water partition coefficient (Wildman–Crippen LogP) is 4.56. The second-order valence-corrected chi connectivity index (χ2v) is 8.60. The third-order valence-electron chi connectivity index (χ3n) is 4.41. The van der Waals surface area contributed by atoms with Crippen molar-refractivity contribution in [3.8, 4) is 11.5 Å². The summed E-state index contributed by atoms with van der Waals surface area (Å²) in [5, 5.41) is 0.759. The third kappa shape index (κ3) is 5.00. The molecule has 1 aromatic heterocycles. The number of hydrogen-bond donors (Lipinski definition) is 2. The van der Waals surface area contributed by atoms with Crippen molar-refractivity contribution in [2.24, 2.45) is 0 Å². The van der Waals surface area contributed by atoms with E-state index >= 15 is 0 Å². The summed E-state index contributed by atoms with van der Waals surface area (Å²) in [4.78, 5) is 2.97. The fraction of sp³-hybridized carbons (Fsp3) is 0.263. The summed E-state index contributed by atoms with van der Waals surface area (Å²) < 4.78 is 74.3. The van der Waals surface area contributed by atoms with Crippen molar-refractivity contribution < 1.29 is 31.1 Å². The van der Waals surface area contributed by atoms with Gasteiger partial charge >= 0.3 is 6.36 Å². The first kappa shape index (κ1) is 22.3. The Balaban J connectivity index is 1.81. The van der Waals surface area contributed by atoms with Gasteiger partial charge in [0.1, 0.15) is 16.4 Å². The molecule has 0 spiro atoms. The van der Waals surface area contributed by atoms with Crippen LogP contribution in [0.3, 0.4) is 0 Å². The van der Waals surface area contributed by atoms with E-state index in [1.54, 1.807) is 6.92 Å². The minimum absolute atomic E-state index is 0.0101. The molecule has 2 N–H and O–H groups in total. The Morgan fingerprint density at radius 3 is 2.57 bits per heavy atom. The first-order chi connectivity index (χ1) is 14.0. The lowest BCUT2D eigenvalue weighted by molar-refractivity contribution is -0.274. The lowest BCUT2D eigenvalue weighted by atomic mass is 10.1. The quantitative estimate of drug-likeness (QED) is 0.539. The zero-order valence-corrected chi connectivity index (χ0v) is 17.5. The fourth-order valence-corrected chi connectivity index (χ4v) is 4.59. The van der Waals surface area contributed by atoms with Gasteiger partial charge in [-0.25, -0.2) is 13.1 Å². The zero-order valence-electron chi connectivity index (χ0n) is 15.9. The molecule has 0 aliphatic heterocycles. The van der Waals surface area contributed by atoms with Crippen molar-refractivity contribution in [3.05, 3.63) is 52.7 Å². The summed E-state index contributed by atoms with van der Waals surface area (Å²) in [6.45, 7) is 1.77. The minimum atomic E-state index is -4.80. The number of benzene rings is 2. The van der Waals surface area contributed by atoms with Crippen molar-refractivity contribution in [2.45, 2.75) is 24.6 Å². The summed E-state index contributed by atoms with van der Waals surface area (Å²) in [7, 11) is -2.57. The second-order valence-electron chi connectivity index (χ2n) is 6.43. The highest BCUT2D eigenvalue weighted by atomic mass is 35.5. The Morgan fingerprint density at radius 2 is 1.90 bits per heavy atom. The van der Waals surface area contributed by atoms with Gasteiger partial charge in [0.2, 0.25) is 10.0 Å². The van der Waals surface area contributed by atoms with E-state index in [-0.39, 0.29) is 34.4 Å². The molecule has 0 aliphatic carbocycles. The number of nitrogens with one attached hydrogen (secondary N) is 2. The monoisotopic (exact) mass is 462 g/mol. The molecule has 0 amide bonds. The Morgan fingerprint density at radius 1 is 1.17 bits per heavy atom. The molecule has 1 heterocycles. The van der Waals surface area contributed by atoms with Crippen LogP contribution in [0.5, 0.6) is 11.5 Å². The topological polar surface area (TPSA) is 80.4 Å². The van der Waals surface area contributed by atoms with Crippen molar-refractivity contribution in [3.63, 3.8) is 0 Å². The average Bonchev–Trinajstić information content (AvgIpc) is 2.95. The average molecular weight is 463 g/mol. The van der Waals surface area contributed by atoms with Gasteiger partial charge in [0.25, 0.3) is 0 Å². The van der Waals surface area contributed by atoms with Crippen LogP contribution in [0, 0.1) is 6.92 Å². The first-order valence-corrected chi connectivity index (χ1v) is 10.6. The molecular weight excluding hydrogens is 445 g/mol. The van der Waals surface area contributed by atoms with E-state index in [2.05, 4.69) is 14.4 Å². The van der Waals surface area contributed by atoms with E-state index in [4.69, 9.17) is 16.3 Å². The maximum Gasteiger partial charge on any atom is 0.573 e. The number of alkyl halides is 3. The van der Waals surface area contributed by atoms with Gasteiger partial charge in [-0.15, -0.1) is 13.2 Å². The first-order valence-electron chi connectivity index (χ1n) is 8.70. The van der Waals surface area contributed by atoms with Gasteiger partial charge in [0.15, 0.2) is 0 Å². The number of sulfonamides is 1. The van der Waals surface area contributed by atoms with Crippen molar-refractivity contribution in [1.29, 1.82) is 0 Å². The number of halogens is 4. The van der Waals surface area contributed by atoms with E-state index in [0.717, 1.165) is 0 Å². The largest absolute Gasteiger partial charge is 0.573 e. The molecule has 2 aromatic carbocycles. The van der Waals surface area contributed by atoms with Crippen molar-refractivity contribution >= 4 is 32.5 Å². The number of fused-ring (bicyclic) bond motifs is 1. The van der Waals surface area contributed by atoms with Crippen LogP contribution in [-0.4, -0.2) is 33.4 Å². The molecule has 30 heavy (non-hydrogen) atoms. The molecular formula is C19H18ClF3N2O4S. The highest BCUT2D eigenvalue weighted by Crippen LogP contribution is 2.30. The van der Waals surface area contributed by atoms with Gasteiger partial charge in [0, 0.05) is 28.2 Å². The molecule has 0 fully saturated rings. The van der Waals surface area contributed by atoms with E-state index in [0.29, 0.717) is 22.2 Å². The van der Waals surface area contributed by atoms with Gasteiger partial charge in [-0.05, 0) is 55.3 Å². The third-order valence-corrected chi connectivity index (χ3v) is 6.12. The van der Waals surface area contributed by atoms with Crippen LogP contribution in [0.4, 0.5) is 13.2 Å². The second kappa shape index (κ2) is 8.37. The van der Waals surface area contributed by atoms with Crippen LogP contribution in [0.2, 0.25) is 5.02 Å². The smallest absolute Gasteiger partial charge is 0.495 e. The SMILES string of the molecule is COc1ccc(Cl)cc1S(=O)(=O)NCCc1c(C)[nH]c2ccc(OC(F)(F)F)cc12. The Labute approximate surface area is 176 Å². The predicted molar refractivity (Wildman–Crippen MR) is 107 cm³/mol. The summed E-state index contributed by atoms with van der Waals surface area (Å²) in [6.07, 6.45) is -4.56. The molecule has 162 valence electrons. The normalized spacial score (nSPS) is 12.3. The van der Waals surface area contributed by atoms with Gasteiger partial charge in [-0.2, -0.15) is 0 Å². The highest BCUT2D eigenvalue weighted by molar-refractivity contribution is 7.89. The van der Waals surface area contributed by atoms with E-state index < -0.39 is 16.4 Å². The van der Waals surface area contributed by atoms with Gasteiger partial charge < -0.3 is 14.5 Å².